The zero-order valence-corrected chi connectivity index (χ0v) is 12.3. The average molecular weight is 281 g/mol. The van der Waals surface area contributed by atoms with Gasteiger partial charge < -0.3 is 10.4 Å². The Kier molecular flexibility index (Phi) is 5.73. The molecule has 1 aromatic rings. The van der Waals surface area contributed by atoms with E-state index in [1.54, 1.807) is 17.1 Å². The van der Waals surface area contributed by atoms with E-state index in [0.717, 1.165) is 12.8 Å². The van der Waals surface area contributed by atoms with Crippen LogP contribution in [0.3, 0.4) is 0 Å². The number of rotatable bonds is 7. The lowest BCUT2D eigenvalue weighted by atomic mass is 10.1. The predicted octanol–water partition coefficient (Wildman–Crippen LogP) is 2.01. The second-order valence-corrected chi connectivity index (χ2v) is 5.80. The number of hydrogen-bond acceptors (Lipinski definition) is 3. The lowest BCUT2D eigenvalue weighted by Gasteiger charge is -2.18. The first kappa shape index (κ1) is 16.2. The maximum Gasteiger partial charge on any atom is 0.303 e. The lowest BCUT2D eigenvalue weighted by Crippen LogP contribution is -2.25. The molecule has 1 rings (SSSR count). The summed E-state index contributed by atoms with van der Waals surface area (Å²) < 4.78 is 1.76. The number of hydrogen-bond donors (Lipinski definition) is 2. The fourth-order valence-corrected chi connectivity index (χ4v) is 1.69. The molecule has 0 saturated carbocycles. The van der Waals surface area contributed by atoms with Gasteiger partial charge in [-0.3, -0.25) is 14.3 Å². The van der Waals surface area contributed by atoms with E-state index in [2.05, 4.69) is 10.4 Å². The summed E-state index contributed by atoms with van der Waals surface area (Å²) >= 11 is 0. The van der Waals surface area contributed by atoms with Crippen LogP contribution < -0.4 is 5.32 Å². The largest absolute Gasteiger partial charge is 0.481 e. The van der Waals surface area contributed by atoms with Gasteiger partial charge in [0.05, 0.1) is 17.3 Å². The Morgan fingerprint density at radius 1 is 1.30 bits per heavy atom. The molecule has 0 fully saturated rings. The Morgan fingerprint density at radius 2 is 2.00 bits per heavy atom. The minimum atomic E-state index is -0.774. The van der Waals surface area contributed by atoms with E-state index < -0.39 is 5.97 Å². The van der Waals surface area contributed by atoms with Crippen molar-refractivity contribution in [1.29, 1.82) is 0 Å². The third kappa shape index (κ3) is 5.42. The SMILES string of the molecule is CC(C)(C)n1cc(C(=O)NCCCCCC(=O)O)cn1. The summed E-state index contributed by atoms with van der Waals surface area (Å²) in [6.07, 6.45) is 5.71. The third-order valence-corrected chi connectivity index (χ3v) is 2.89. The van der Waals surface area contributed by atoms with E-state index in [9.17, 15) is 9.59 Å². The van der Waals surface area contributed by atoms with E-state index >= 15 is 0 Å². The van der Waals surface area contributed by atoms with Crippen LogP contribution in [-0.4, -0.2) is 33.3 Å². The van der Waals surface area contributed by atoms with Crippen LogP contribution in [0.15, 0.2) is 12.4 Å². The molecule has 0 aliphatic heterocycles. The van der Waals surface area contributed by atoms with Crippen molar-refractivity contribution in [3.8, 4) is 0 Å². The smallest absolute Gasteiger partial charge is 0.303 e. The van der Waals surface area contributed by atoms with E-state index in [0.29, 0.717) is 18.5 Å². The van der Waals surface area contributed by atoms with Crippen LogP contribution in [0.2, 0.25) is 0 Å². The van der Waals surface area contributed by atoms with Crippen LogP contribution in [0.25, 0.3) is 0 Å². The quantitative estimate of drug-likeness (QED) is 0.749. The summed E-state index contributed by atoms with van der Waals surface area (Å²) in [5, 5.41) is 15.5. The molecule has 0 bridgehead atoms. The number of nitrogens with zero attached hydrogens (tertiary/aromatic N) is 2. The Morgan fingerprint density at radius 3 is 2.55 bits per heavy atom. The second kappa shape index (κ2) is 7.07. The molecule has 1 amide bonds. The summed E-state index contributed by atoms with van der Waals surface area (Å²) in [7, 11) is 0. The maximum atomic E-state index is 11.9. The Bertz CT molecular complexity index is 460. The summed E-state index contributed by atoms with van der Waals surface area (Å²) in [6, 6.07) is 0. The van der Waals surface area contributed by atoms with Gasteiger partial charge in [0, 0.05) is 19.2 Å². The highest BCUT2D eigenvalue weighted by atomic mass is 16.4. The topological polar surface area (TPSA) is 84.2 Å². The van der Waals surface area contributed by atoms with Crippen molar-refractivity contribution in [2.45, 2.75) is 52.0 Å². The standard InChI is InChI=1S/C14H23N3O3/c1-14(2,3)17-10-11(9-16-17)13(20)15-8-6-4-5-7-12(18)19/h9-10H,4-8H2,1-3H3,(H,15,20)(H,18,19). The molecular weight excluding hydrogens is 258 g/mol. The zero-order valence-electron chi connectivity index (χ0n) is 12.3. The van der Waals surface area contributed by atoms with Crippen LogP contribution in [0.4, 0.5) is 0 Å². The number of carbonyl (C=O) groups excluding carboxylic acids is 1. The van der Waals surface area contributed by atoms with Gasteiger partial charge in [-0.2, -0.15) is 5.10 Å². The highest BCUT2D eigenvalue weighted by Crippen LogP contribution is 2.13. The molecule has 6 heteroatoms. The first-order valence-electron chi connectivity index (χ1n) is 6.86. The van der Waals surface area contributed by atoms with E-state index in [1.807, 2.05) is 20.8 Å². The number of carboxylic acid groups (broad SMARTS) is 1. The van der Waals surface area contributed by atoms with Gasteiger partial charge in [0.1, 0.15) is 0 Å². The van der Waals surface area contributed by atoms with Gasteiger partial charge in [0.2, 0.25) is 0 Å². The molecule has 0 radical (unpaired) electrons. The van der Waals surface area contributed by atoms with Crippen molar-refractivity contribution in [2.75, 3.05) is 6.54 Å². The molecule has 0 unspecified atom stereocenters. The minimum Gasteiger partial charge on any atom is -0.481 e. The van der Waals surface area contributed by atoms with Gasteiger partial charge in [-0.25, -0.2) is 0 Å². The van der Waals surface area contributed by atoms with Crippen LogP contribution in [-0.2, 0) is 10.3 Å². The molecule has 0 saturated heterocycles. The zero-order chi connectivity index (χ0) is 15.2. The molecule has 0 aliphatic carbocycles. The third-order valence-electron chi connectivity index (χ3n) is 2.89. The fourth-order valence-electron chi connectivity index (χ4n) is 1.69. The number of nitrogens with one attached hydrogen (secondary N) is 1. The lowest BCUT2D eigenvalue weighted by molar-refractivity contribution is -0.137. The van der Waals surface area contributed by atoms with Crippen LogP contribution >= 0.6 is 0 Å². The number of carbonyl (C=O) groups is 2. The fraction of sp³-hybridized carbons (Fsp3) is 0.643. The normalized spacial score (nSPS) is 11.3. The van der Waals surface area contributed by atoms with Crippen molar-refractivity contribution in [2.24, 2.45) is 0 Å². The highest BCUT2D eigenvalue weighted by Gasteiger charge is 2.16. The molecule has 1 aromatic heterocycles. The Labute approximate surface area is 119 Å². The molecule has 0 aliphatic rings. The molecule has 0 aromatic carbocycles. The van der Waals surface area contributed by atoms with Crippen molar-refractivity contribution < 1.29 is 14.7 Å². The van der Waals surface area contributed by atoms with Crippen LogP contribution in [0, 0.1) is 0 Å². The number of aliphatic carboxylic acids is 1. The first-order chi connectivity index (χ1) is 9.30. The molecule has 112 valence electrons. The monoisotopic (exact) mass is 281 g/mol. The van der Waals surface area contributed by atoms with Gasteiger partial charge >= 0.3 is 5.97 Å². The van der Waals surface area contributed by atoms with Gasteiger partial charge in [0.15, 0.2) is 0 Å². The summed E-state index contributed by atoms with van der Waals surface area (Å²) in [5.74, 6) is -0.914. The molecule has 2 N–H and O–H groups in total. The van der Waals surface area contributed by atoms with Crippen LogP contribution in [0.1, 0.15) is 56.8 Å². The van der Waals surface area contributed by atoms with E-state index in [-0.39, 0.29) is 17.9 Å². The number of unbranched alkanes of at least 4 members (excludes halogenated alkanes) is 2. The van der Waals surface area contributed by atoms with Crippen molar-refractivity contribution in [3.63, 3.8) is 0 Å². The molecular formula is C14H23N3O3. The highest BCUT2D eigenvalue weighted by molar-refractivity contribution is 5.93. The molecule has 20 heavy (non-hydrogen) atoms. The summed E-state index contributed by atoms with van der Waals surface area (Å²) in [5.41, 5.74) is 0.403. The minimum absolute atomic E-state index is 0.140. The molecule has 1 heterocycles. The van der Waals surface area contributed by atoms with Crippen LogP contribution in [0.5, 0.6) is 0 Å². The molecule has 0 atom stereocenters. The van der Waals surface area contributed by atoms with Crippen molar-refractivity contribution >= 4 is 11.9 Å². The number of aromatic nitrogens is 2. The van der Waals surface area contributed by atoms with Gasteiger partial charge in [-0.1, -0.05) is 6.42 Å². The molecule has 6 nitrogen and oxygen atoms in total. The Balaban J connectivity index is 2.29. The molecule has 0 spiro atoms. The summed E-state index contributed by atoms with van der Waals surface area (Å²) in [4.78, 5) is 22.2. The van der Waals surface area contributed by atoms with Gasteiger partial charge in [-0.05, 0) is 33.6 Å². The number of carboxylic acids is 1. The summed E-state index contributed by atoms with van der Waals surface area (Å²) in [6.45, 7) is 6.61. The van der Waals surface area contributed by atoms with E-state index in [1.165, 1.54) is 0 Å². The Hall–Kier alpha value is -1.85. The van der Waals surface area contributed by atoms with Gasteiger partial charge in [-0.15, -0.1) is 0 Å². The predicted molar refractivity (Wildman–Crippen MR) is 75.7 cm³/mol. The van der Waals surface area contributed by atoms with Crippen molar-refractivity contribution in [3.05, 3.63) is 18.0 Å². The van der Waals surface area contributed by atoms with E-state index in [4.69, 9.17) is 5.11 Å². The average Bonchev–Trinajstić information content (AvgIpc) is 2.82. The maximum absolute atomic E-state index is 11.9. The van der Waals surface area contributed by atoms with Crippen molar-refractivity contribution in [1.82, 2.24) is 15.1 Å². The first-order valence-corrected chi connectivity index (χ1v) is 6.86. The number of amides is 1. The second-order valence-electron chi connectivity index (χ2n) is 5.80. The van der Waals surface area contributed by atoms with Gasteiger partial charge in [0.25, 0.3) is 5.91 Å².